The van der Waals surface area contributed by atoms with E-state index in [9.17, 15) is 0 Å². The van der Waals surface area contributed by atoms with Crippen LogP contribution in [-0.2, 0) is 0 Å². The first-order chi connectivity index (χ1) is 26.6. The lowest BCUT2D eigenvalue weighted by molar-refractivity contribution is 0.415. The third-order valence-corrected chi connectivity index (χ3v) is 11.4. The van der Waals surface area contributed by atoms with Crippen LogP contribution >= 0.6 is 45.3 Å². The molecule has 0 fully saturated rings. The molecule has 0 bridgehead atoms. The summed E-state index contributed by atoms with van der Waals surface area (Å²) < 4.78 is 13.6. The highest BCUT2D eigenvalue weighted by Gasteiger charge is 2.13. The van der Waals surface area contributed by atoms with Crippen molar-refractivity contribution in [1.82, 2.24) is 9.97 Å². The largest absolute Gasteiger partial charge is 0.494 e. The summed E-state index contributed by atoms with van der Waals surface area (Å²) >= 11 is 6.07. The molecule has 0 unspecified atom stereocenters. The predicted octanol–water partition coefficient (Wildman–Crippen LogP) is 11.8. The van der Waals surface area contributed by atoms with Crippen molar-refractivity contribution in [3.63, 3.8) is 0 Å². The van der Waals surface area contributed by atoms with Gasteiger partial charge in [0.2, 0.25) is 21.9 Å². The molecule has 54 heavy (non-hydrogen) atoms. The summed E-state index contributed by atoms with van der Waals surface area (Å²) in [6.07, 6.45) is 0. The number of hydrogen-bond acceptors (Lipinski definition) is 14. The van der Waals surface area contributed by atoms with Crippen molar-refractivity contribution in [3.8, 4) is 22.6 Å². The van der Waals surface area contributed by atoms with Crippen molar-refractivity contribution in [2.24, 2.45) is 30.7 Å². The standard InChI is InChI=1S/C38H28N10O2S4/c1-49-29-21-23(15-17-25(29)41-43-35(33-13-7-19-51-33)45-47-37-39-27-9-3-5-11-31(27)53-37)24-16-18-26(30(22-24)50-2)42-44-36(34-14-8-20-52-34)46-48-38-40-28-10-4-6-12-32(28)54-38/h3-22H,1-2H3,(H,39,47)(H,40,48)/b43-41?,44-42?,45-35+,46-36+. The van der Waals surface area contributed by atoms with Crippen LogP contribution in [0.5, 0.6) is 11.5 Å². The molecule has 8 aromatic rings. The van der Waals surface area contributed by atoms with E-state index in [-0.39, 0.29) is 0 Å². The van der Waals surface area contributed by atoms with Crippen LogP contribution in [0.25, 0.3) is 31.6 Å². The summed E-state index contributed by atoms with van der Waals surface area (Å²) in [6, 6.07) is 35.1. The second kappa shape index (κ2) is 16.2. The second-order valence-corrected chi connectivity index (χ2v) is 15.2. The summed E-state index contributed by atoms with van der Waals surface area (Å²) in [5.41, 5.74) is 10.8. The fraction of sp³-hybridized carbons (Fsp3) is 0.0526. The first-order valence-corrected chi connectivity index (χ1v) is 19.7. The summed E-state index contributed by atoms with van der Waals surface area (Å²) in [6.45, 7) is 0. The molecule has 0 spiro atoms. The number of ether oxygens (including phenoxy) is 2. The number of para-hydroxylation sites is 2. The SMILES string of the molecule is COc1cc(-c2ccc(N=N/C(=N/Nc3nc4ccccc4s3)c3cccs3)c(OC)c2)ccc1N=N/C(=N/Nc1nc2ccccc2s1)c1cccs1. The molecule has 16 heteroatoms. The molecule has 0 aliphatic rings. The Morgan fingerprint density at radius 2 is 1.02 bits per heavy atom. The minimum Gasteiger partial charge on any atom is -0.494 e. The fourth-order valence-corrected chi connectivity index (χ4v) is 8.11. The van der Waals surface area contributed by atoms with Gasteiger partial charge < -0.3 is 9.47 Å². The van der Waals surface area contributed by atoms with E-state index in [2.05, 4.69) is 51.5 Å². The maximum Gasteiger partial charge on any atom is 0.211 e. The number of anilines is 2. The lowest BCUT2D eigenvalue weighted by Crippen LogP contribution is -1.99. The van der Waals surface area contributed by atoms with E-state index < -0.39 is 0 Å². The number of rotatable bonds is 11. The molecule has 4 aromatic heterocycles. The van der Waals surface area contributed by atoms with Crippen LogP contribution in [0.4, 0.5) is 21.6 Å². The van der Waals surface area contributed by atoms with Crippen LogP contribution < -0.4 is 20.3 Å². The van der Waals surface area contributed by atoms with Crippen LogP contribution in [0.3, 0.4) is 0 Å². The molecule has 0 aliphatic heterocycles. The first-order valence-electron chi connectivity index (χ1n) is 16.3. The Morgan fingerprint density at radius 3 is 1.43 bits per heavy atom. The van der Waals surface area contributed by atoms with Crippen molar-refractivity contribution >= 4 is 99.1 Å². The number of azo groups is 2. The molecule has 266 valence electrons. The van der Waals surface area contributed by atoms with E-state index in [0.717, 1.165) is 41.3 Å². The Kier molecular flexibility index (Phi) is 10.5. The molecule has 0 atom stereocenters. The van der Waals surface area contributed by atoms with Crippen molar-refractivity contribution in [2.75, 3.05) is 25.1 Å². The monoisotopic (exact) mass is 784 g/mol. The van der Waals surface area contributed by atoms with Crippen LogP contribution in [0.2, 0.25) is 0 Å². The summed E-state index contributed by atoms with van der Waals surface area (Å²) in [5.74, 6) is 1.93. The van der Waals surface area contributed by atoms with E-state index >= 15 is 0 Å². The molecule has 0 saturated heterocycles. The van der Waals surface area contributed by atoms with Gasteiger partial charge in [-0.1, -0.05) is 71.2 Å². The predicted molar refractivity (Wildman–Crippen MR) is 222 cm³/mol. The molecular formula is C38H28N10O2S4. The number of nitrogens with zero attached hydrogens (tertiary/aromatic N) is 8. The average Bonchev–Trinajstić information content (AvgIpc) is 4.05. The van der Waals surface area contributed by atoms with Crippen molar-refractivity contribution in [3.05, 3.63) is 130 Å². The van der Waals surface area contributed by atoms with E-state index in [4.69, 9.17) is 9.47 Å². The van der Waals surface area contributed by atoms with E-state index in [0.29, 0.717) is 44.8 Å². The summed E-state index contributed by atoms with van der Waals surface area (Å²) in [4.78, 5) is 10.9. The van der Waals surface area contributed by atoms with Gasteiger partial charge in [0, 0.05) is 0 Å². The van der Waals surface area contributed by atoms with Crippen molar-refractivity contribution < 1.29 is 9.47 Å². The van der Waals surface area contributed by atoms with Crippen LogP contribution in [0.1, 0.15) is 9.75 Å². The van der Waals surface area contributed by atoms with E-state index in [1.54, 1.807) is 14.2 Å². The summed E-state index contributed by atoms with van der Waals surface area (Å²) in [7, 11) is 3.20. The normalized spacial score (nSPS) is 12.3. The maximum absolute atomic E-state index is 5.74. The number of nitrogens with one attached hydrogen (secondary N) is 2. The van der Waals surface area contributed by atoms with Gasteiger partial charge in [-0.15, -0.1) is 53.3 Å². The minimum absolute atomic E-state index is 0.421. The van der Waals surface area contributed by atoms with Crippen LogP contribution in [0.15, 0.2) is 151 Å². The Balaban J connectivity index is 1.02. The van der Waals surface area contributed by atoms with Crippen molar-refractivity contribution in [2.45, 2.75) is 0 Å². The zero-order valence-electron chi connectivity index (χ0n) is 28.6. The minimum atomic E-state index is 0.421. The number of thiazole rings is 2. The number of hydrazone groups is 2. The number of aromatic nitrogens is 2. The lowest BCUT2D eigenvalue weighted by Gasteiger charge is -2.10. The lowest BCUT2D eigenvalue weighted by atomic mass is 10.0. The molecule has 0 aliphatic carbocycles. The number of fused-ring (bicyclic) bond motifs is 2. The number of hydrogen-bond donors (Lipinski definition) is 2. The van der Waals surface area contributed by atoms with E-state index in [1.165, 1.54) is 45.3 Å². The van der Waals surface area contributed by atoms with Gasteiger partial charge in [0.1, 0.15) is 22.9 Å². The van der Waals surface area contributed by atoms with Gasteiger partial charge in [0.15, 0.2) is 0 Å². The third kappa shape index (κ3) is 7.91. The molecule has 0 amide bonds. The van der Waals surface area contributed by atoms with Gasteiger partial charge in [0.25, 0.3) is 0 Å². The van der Waals surface area contributed by atoms with Gasteiger partial charge in [-0.2, -0.15) is 0 Å². The number of thiophene rings is 2. The van der Waals surface area contributed by atoms with E-state index in [1.807, 2.05) is 120 Å². The number of benzene rings is 4. The van der Waals surface area contributed by atoms with Crippen LogP contribution in [-0.4, -0.2) is 35.9 Å². The van der Waals surface area contributed by atoms with Crippen molar-refractivity contribution in [1.29, 1.82) is 0 Å². The van der Waals surface area contributed by atoms with Gasteiger partial charge in [0.05, 0.1) is 44.4 Å². The third-order valence-electron chi connectivity index (χ3n) is 7.78. The van der Waals surface area contributed by atoms with Gasteiger partial charge in [-0.05, 0) is 82.6 Å². The second-order valence-electron chi connectivity index (χ2n) is 11.2. The molecule has 0 radical (unpaired) electrons. The van der Waals surface area contributed by atoms with Crippen LogP contribution in [0, 0.1) is 0 Å². The zero-order chi connectivity index (χ0) is 36.7. The molecule has 4 heterocycles. The Bertz CT molecular complexity index is 2410. The average molecular weight is 785 g/mol. The number of amidine groups is 2. The molecular weight excluding hydrogens is 757 g/mol. The molecule has 4 aromatic carbocycles. The van der Waals surface area contributed by atoms with Gasteiger partial charge in [-0.3, -0.25) is 10.9 Å². The highest BCUT2D eigenvalue weighted by molar-refractivity contribution is 7.22. The quantitative estimate of drug-likeness (QED) is 0.0578. The topological polar surface area (TPSA) is 142 Å². The number of methoxy groups -OCH3 is 2. The summed E-state index contributed by atoms with van der Waals surface area (Å²) in [5, 5.41) is 32.4. The molecule has 12 nitrogen and oxygen atoms in total. The molecule has 0 saturated carbocycles. The zero-order valence-corrected chi connectivity index (χ0v) is 31.8. The Hall–Kier alpha value is -6.20. The molecule has 8 rings (SSSR count). The first kappa shape index (κ1) is 34.9. The van der Waals surface area contributed by atoms with Gasteiger partial charge >= 0.3 is 0 Å². The highest BCUT2D eigenvalue weighted by Crippen LogP contribution is 2.37. The Labute approximate surface area is 324 Å². The Morgan fingerprint density at radius 1 is 0.556 bits per heavy atom. The molecule has 2 N–H and O–H groups in total. The fourth-order valence-electron chi connectivity index (χ4n) is 5.19. The van der Waals surface area contributed by atoms with Gasteiger partial charge in [-0.25, -0.2) is 9.97 Å². The maximum atomic E-state index is 5.74. The smallest absolute Gasteiger partial charge is 0.211 e. The highest BCUT2D eigenvalue weighted by atomic mass is 32.1.